The molecule has 0 spiro atoms. The zero-order valence-corrected chi connectivity index (χ0v) is 12.1. The summed E-state index contributed by atoms with van der Waals surface area (Å²) >= 11 is 5.82. The van der Waals surface area contributed by atoms with Crippen LogP contribution in [-0.2, 0) is 16.2 Å². The van der Waals surface area contributed by atoms with Crippen molar-refractivity contribution in [3.05, 3.63) is 34.9 Å². The van der Waals surface area contributed by atoms with Crippen LogP contribution >= 0.6 is 11.6 Å². The molecule has 6 heteroatoms. The Bertz CT molecular complexity index is 453. The summed E-state index contributed by atoms with van der Waals surface area (Å²) in [6, 6.07) is 6.85. The van der Waals surface area contributed by atoms with E-state index in [-0.39, 0.29) is 18.5 Å². The van der Waals surface area contributed by atoms with Crippen LogP contribution in [0.15, 0.2) is 24.3 Å². The van der Waals surface area contributed by atoms with Crippen molar-refractivity contribution < 1.29 is 14.0 Å². The smallest absolute Gasteiger partial charge is 0.263 e. The molecule has 1 unspecified atom stereocenters. The molecular formula is C14H18ClFN2O2. The fraction of sp³-hybridized carbons (Fsp3) is 0.500. The van der Waals surface area contributed by atoms with E-state index in [1.165, 1.54) is 12.0 Å². The third kappa shape index (κ3) is 4.16. The Morgan fingerprint density at radius 3 is 2.85 bits per heavy atom. The summed E-state index contributed by atoms with van der Waals surface area (Å²) in [5, 5.41) is 4.90. The fourth-order valence-corrected chi connectivity index (χ4v) is 2.14. The Morgan fingerprint density at radius 1 is 1.50 bits per heavy atom. The van der Waals surface area contributed by atoms with Crippen LogP contribution in [0.25, 0.3) is 0 Å². The van der Waals surface area contributed by atoms with Gasteiger partial charge in [0.05, 0.1) is 19.2 Å². The molecule has 1 aliphatic heterocycles. The summed E-state index contributed by atoms with van der Waals surface area (Å²) < 4.78 is 12.8. The molecule has 1 saturated heterocycles. The zero-order chi connectivity index (χ0) is 14.5. The van der Waals surface area contributed by atoms with Crippen LogP contribution in [0.5, 0.6) is 0 Å². The fourth-order valence-electron chi connectivity index (χ4n) is 2.01. The molecule has 4 nitrogen and oxygen atoms in total. The van der Waals surface area contributed by atoms with Gasteiger partial charge in [-0.1, -0.05) is 23.7 Å². The second-order valence-electron chi connectivity index (χ2n) is 4.86. The van der Waals surface area contributed by atoms with E-state index >= 15 is 0 Å². The third-order valence-electron chi connectivity index (χ3n) is 3.08. The lowest BCUT2D eigenvalue weighted by Crippen LogP contribution is -2.51. The van der Waals surface area contributed by atoms with E-state index in [0.29, 0.717) is 24.6 Å². The normalized spacial score (nSPS) is 21.1. The molecule has 0 aliphatic carbocycles. The average molecular weight is 301 g/mol. The van der Waals surface area contributed by atoms with E-state index in [0.717, 1.165) is 5.56 Å². The van der Waals surface area contributed by atoms with E-state index in [1.807, 2.05) is 12.1 Å². The number of hydrogen-bond donors (Lipinski definition) is 1. The largest absolute Gasteiger partial charge is 0.303 e. The van der Waals surface area contributed by atoms with Gasteiger partial charge in [0, 0.05) is 11.6 Å². The quantitative estimate of drug-likeness (QED) is 0.907. The lowest BCUT2D eigenvalue weighted by molar-refractivity contribution is -0.206. The van der Waals surface area contributed by atoms with Crippen LogP contribution in [-0.4, -0.2) is 36.3 Å². The summed E-state index contributed by atoms with van der Waals surface area (Å²) in [5.41, 5.74) is 0.933. The molecule has 1 fully saturated rings. The Hall–Kier alpha value is -1.17. The summed E-state index contributed by atoms with van der Waals surface area (Å²) in [5.74, 6) is -0.160. The zero-order valence-electron chi connectivity index (χ0n) is 11.3. The highest BCUT2D eigenvalue weighted by Crippen LogP contribution is 2.15. The van der Waals surface area contributed by atoms with Gasteiger partial charge in [0.25, 0.3) is 5.91 Å². The van der Waals surface area contributed by atoms with Crippen molar-refractivity contribution in [2.45, 2.75) is 32.1 Å². The lowest BCUT2D eigenvalue weighted by Gasteiger charge is -2.32. The molecule has 1 aliphatic rings. The molecule has 1 N–H and O–H groups in total. The van der Waals surface area contributed by atoms with E-state index < -0.39 is 6.17 Å². The maximum Gasteiger partial charge on any atom is 0.263 e. The Labute approximate surface area is 122 Å². The van der Waals surface area contributed by atoms with E-state index in [9.17, 15) is 9.18 Å². The monoisotopic (exact) mass is 300 g/mol. The highest BCUT2D eigenvalue weighted by atomic mass is 35.5. The van der Waals surface area contributed by atoms with Gasteiger partial charge >= 0.3 is 0 Å². The topological polar surface area (TPSA) is 41.6 Å². The first-order valence-corrected chi connectivity index (χ1v) is 7.00. The average Bonchev–Trinajstić information content (AvgIpc) is 2.42. The molecule has 0 aromatic heterocycles. The lowest BCUT2D eigenvalue weighted by atomic mass is 10.1. The number of halogens is 2. The number of hydroxylamine groups is 2. The molecule has 20 heavy (non-hydrogen) atoms. The van der Waals surface area contributed by atoms with Crippen molar-refractivity contribution in [3.63, 3.8) is 0 Å². The Balaban J connectivity index is 1.94. The number of amides is 1. The summed E-state index contributed by atoms with van der Waals surface area (Å²) in [6.45, 7) is 2.44. The number of nitrogens with zero attached hydrogens (tertiary/aromatic N) is 1. The molecule has 110 valence electrons. The van der Waals surface area contributed by atoms with Gasteiger partial charge in [-0.15, -0.1) is 0 Å². The second-order valence-corrected chi connectivity index (χ2v) is 5.30. The van der Waals surface area contributed by atoms with Crippen LogP contribution in [0.4, 0.5) is 4.39 Å². The van der Waals surface area contributed by atoms with Crippen LogP contribution in [0.1, 0.15) is 18.9 Å². The summed E-state index contributed by atoms with van der Waals surface area (Å²) in [6.07, 6.45) is -0.418. The minimum atomic E-state index is -0.977. The van der Waals surface area contributed by atoms with Crippen molar-refractivity contribution in [1.82, 2.24) is 10.4 Å². The standard InChI is InChI=1S/C14H18ClFN2O2/c1-10(16)8-17-13-6-7-20-18(14(13)19)9-11-2-4-12(15)5-3-11/h2-5,10,13,17H,6-9H2,1H3/t10-,13?/m0/s1. The molecule has 2 atom stereocenters. The van der Waals surface area contributed by atoms with Gasteiger partial charge in [0.1, 0.15) is 6.17 Å². The highest BCUT2D eigenvalue weighted by molar-refractivity contribution is 6.30. The minimum absolute atomic E-state index is 0.160. The first kappa shape index (κ1) is 15.2. The van der Waals surface area contributed by atoms with Gasteiger partial charge in [0.15, 0.2) is 0 Å². The van der Waals surface area contributed by atoms with Gasteiger partial charge < -0.3 is 5.32 Å². The van der Waals surface area contributed by atoms with Crippen LogP contribution in [0, 0.1) is 0 Å². The van der Waals surface area contributed by atoms with Crippen LogP contribution < -0.4 is 5.32 Å². The van der Waals surface area contributed by atoms with Gasteiger partial charge in [-0.25, -0.2) is 9.45 Å². The van der Waals surface area contributed by atoms with Crippen molar-refractivity contribution in [1.29, 1.82) is 0 Å². The number of benzene rings is 1. The van der Waals surface area contributed by atoms with Crippen LogP contribution in [0.3, 0.4) is 0 Å². The molecule has 0 saturated carbocycles. The highest BCUT2D eigenvalue weighted by Gasteiger charge is 2.29. The maximum absolute atomic E-state index is 12.8. The van der Waals surface area contributed by atoms with Crippen molar-refractivity contribution >= 4 is 17.5 Å². The van der Waals surface area contributed by atoms with Gasteiger partial charge in [0.2, 0.25) is 0 Å². The van der Waals surface area contributed by atoms with Gasteiger partial charge in [-0.3, -0.25) is 9.63 Å². The molecule has 1 aromatic rings. The molecular weight excluding hydrogens is 283 g/mol. The predicted octanol–water partition coefficient (Wildman–Crippen LogP) is 2.32. The number of nitrogens with one attached hydrogen (secondary N) is 1. The van der Waals surface area contributed by atoms with E-state index in [1.54, 1.807) is 12.1 Å². The van der Waals surface area contributed by atoms with Crippen molar-refractivity contribution in [2.75, 3.05) is 13.2 Å². The second kappa shape index (κ2) is 7.02. The molecule has 1 aromatic carbocycles. The molecule has 1 heterocycles. The van der Waals surface area contributed by atoms with Gasteiger partial charge in [-0.05, 0) is 31.0 Å². The molecule has 1 amide bonds. The van der Waals surface area contributed by atoms with Crippen LogP contribution in [0.2, 0.25) is 5.02 Å². The van der Waals surface area contributed by atoms with E-state index in [4.69, 9.17) is 16.4 Å². The van der Waals surface area contributed by atoms with Crippen molar-refractivity contribution in [2.24, 2.45) is 0 Å². The number of carbonyl (C=O) groups excluding carboxylic acids is 1. The maximum atomic E-state index is 12.8. The minimum Gasteiger partial charge on any atom is -0.303 e. The SMILES string of the molecule is C[C@H](F)CNC1CCON(Cc2ccc(Cl)cc2)C1=O. The molecule has 0 bridgehead atoms. The van der Waals surface area contributed by atoms with E-state index in [2.05, 4.69) is 5.32 Å². The summed E-state index contributed by atoms with van der Waals surface area (Å²) in [4.78, 5) is 17.6. The molecule has 2 rings (SSSR count). The first-order valence-electron chi connectivity index (χ1n) is 6.62. The Kier molecular flexibility index (Phi) is 5.34. The number of hydrogen-bond acceptors (Lipinski definition) is 3. The number of alkyl halides is 1. The number of carbonyl (C=O) groups is 1. The van der Waals surface area contributed by atoms with Crippen molar-refractivity contribution in [3.8, 4) is 0 Å². The third-order valence-corrected chi connectivity index (χ3v) is 3.33. The first-order chi connectivity index (χ1) is 9.56. The van der Waals surface area contributed by atoms with Gasteiger partial charge in [-0.2, -0.15) is 0 Å². The Morgan fingerprint density at radius 2 is 2.20 bits per heavy atom. The number of rotatable bonds is 5. The predicted molar refractivity (Wildman–Crippen MR) is 74.9 cm³/mol. The molecule has 0 radical (unpaired) electrons. The summed E-state index contributed by atoms with van der Waals surface area (Å²) in [7, 11) is 0.